The van der Waals surface area contributed by atoms with Crippen LogP contribution in [0.25, 0.3) is 5.69 Å². The lowest BCUT2D eigenvalue weighted by Crippen LogP contribution is -2.30. The molecule has 0 radical (unpaired) electrons. The molecule has 1 aromatic carbocycles. The maximum Gasteiger partial charge on any atom is 0.284 e. The first-order chi connectivity index (χ1) is 17.0. The van der Waals surface area contributed by atoms with Crippen molar-refractivity contribution in [1.82, 2.24) is 19.7 Å². The molecule has 0 fully saturated rings. The van der Waals surface area contributed by atoms with Crippen molar-refractivity contribution in [3.05, 3.63) is 106 Å². The van der Waals surface area contributed by atoms with Crippen molar-refractivity contribution in [3.63, 3.8) is 0 Å². The van der Waals surface area contributed by atoms with Gasteiger partial charge in [0.25, 0.3) is 11.5 Å². The molecule has 1 amide bonds. The van der Waals surface area contributed by atoms with Crippen LogP contribution < -0.4 is 21.3 Å². The first-order valence-corrected chi connectivity index (χ1v) is 11.2. The van der Waals surface area contributed by atoms with E-state index in [2.05, 4.69) is 16.9 Å². The number of nitrogen functional groups attached to an aromatic ring is 1. The van der Waals surface area contributed by atoms with Crippen molar-refractivity contribution in [2.24, 2.45) is 0 Å². The normalized spacial score (nSPS) is 13.5. The number of nitrogens with two attached hydrogens (primary N) is 1. The van der Waals surface area contributed by atoms with E-state index in [9.17, 15) is 9.59 Å². The number of allylic oxidation sites excluding steroid dienone is 3. The predicted octanol–water partition coefficient (Wildman–Crippen LogP) is 3.23. The molecule has 0 saturated heterocycles. The Hall–Kier alpha value is -4.08. The summed E-state index contributed by atoms with van der Waals surface area (Å²) in [6.45, 7) is 4.95. The molecule has 1 aliphatic heterocycles. The van der Waals surface area contributed by atoms with Crippen molar-refractivity contribution in [3.8, 4) is 11.4 Å². The number of amides is 1. The number of hydrogen-bond donors (Lipinski definition) is 2. The van der Waals surface area contributed by atoms with Gasteiger partial charge in [0.1, 0.15) is 22.2 Å². The Balaban J connectivity index is 1.50. The van der Waals surface area contributed by atoms with E-state index in [1.165, 1.54) is 10.9 Å². The van der Waals surface area contributed by atoms with Crippen LogP contribution in [0.15, 0.2) is 84.0 Å². The van der Waals surface area contributed by atoms with Crippen LogP contribution >= 0.6 is 11.6 Å². The second-order valence-electron chi connectivity index (χ2n) is 7.48. The number of carbonyl (C=O) groups is 1. The van der Waals surface area contributed by atoms with Crippen molar-refractivity contribution in [2.45, 2.75) is 13.2 Å². The summed E-state index contributed by atoms with van der Waals surface area (Å²) in [7, 11) is 0. The van der Waals surface area contributed by atoms with Crippen molar-refractivity contribution in [2.75, 3.05) is 18.9 Å². The monoisotopic (exact) mass is 493 g/mol. The molecule has 9 nitrogen and oxygen atoms in total. The van der Waals surface area contributed by atoms with Crippen molar-refractivity contribution in [1.29, 1.82) is 0 Å². The Kier molecular flexibility index (Phi) is 7.49. The Labute approximate surface area is 206 Å². The molecule has 1 aliphatic rings. The molecule has 0 atom stereocenters. The van der Waals surface area contributed by atoms with Crippen LogP contribution in [0.4, 0.5) is 5.82 Å². The summed E-state index contributed by atoms with van der Waals surface area (Å²) in [6, 6.07) is 10.8. The molecule has 2 aromatic heterocycles. The summed E-state index contributed by atoms with van der Waals surface area (Å²) >= 11 is 6.14. The Morgan fingerprint density at radius 1 is 1.31 bits per heavy atom. The Morgan fingerprint density at radius 2 is 2.11 bits per heavy atom. The van der Waals surface area contributed by atoms with Crippen LogP contribution in [-0.2, 0) is 17.9 Å². The molecule has 0 spiro atoms. The fourth-order valence-electron chi connectivity index (χ4n) is 3.65. The molecule has 0 bridgehead atoms. The SMILES string of the molecule is C=C/C=C(\C=C/CNC(=O)c1c2n(n(-c3ccccc3)c1=O)CCOC2)Oc1ccnc(N)c1Cl. The minimum absolute atomic E-state index is 0.0686. The van der Waals surface area contributed by atoms with Gasteiger partial charge in [0.2, 0.25) is 0 Å². The maximum absolute atomic E-state index is 13.2. The van der Waals surface area contributed by atoms with E-state index < -0.39 is 11.5 Å². The number of halogens is 1. The first-order valence-electron chi connectivity index (χ1n) is 10.8. The van der Waals surface area contributed by atoms with E-state index in [-0.39, 0.29) is 29.6 Å². The Morgan fingerprint density at radius 3 is 2.89 bits per heavy atom. The smallest absolute Gasteiger partial charge is 0.284 e. The number of anilines is 1. The topological polar surface area (TPSA) is 113 Å². The number of pyridine rings is 1. The number of fused-ring (bicyclic) bond motifs is 1. The number of aromatic nitrogens is 3. The lowest BCUT2D eigenvalue weighted by Gasteiger charge is -2.19. The van der Waals surface area contributed by atoms with Crippen LogP contribution in [0.1, 0.15) is 16.1 Å². The number of benzene rings is 1. The number of ether oxygens (including phenoxy) is 2. The summed E-state index contributed by atoms with van der Waals surface area (Å²) in [6.07, 6.45) is 7.99. The molecule has 35 heavy (non-hydrogen) atoms. The molecular formula is C25H24ClN5O4. The van der Waals surface area contributed by atoms with E-state index in [1.807, 2.05) is 30.3 Å². The number of rotatable bonds is 8. The van der Waals surface area contributed by atoms with Gasteiger partial charge < -0.3 is 20.5 Å². The van der Waals surface area contributed by atoms with E-state index in [0.29, 0.717) is 36.0 Å². The quantitative estimate of drug-likeness (QED) is 0.368. The summed E-state index contributed by atoms with van der Waals surface area (Å²) in [5.41, 5.74) is 6.63. The van der Waals surface area contributed by atoms with Crippen LogP contribution in [0.3, 0.4) is 0 Å². The lowest BCUT2D eigenvalue weighted by molar-refractivity contribution is 0.0750. The second kappa shape index (κ2) is 10.9. The molecule has 180 valence electrons. The third-order valence-electron chi connectivity index (χ3n) is 5.22. The highest BCUT2D eigenvalue weighted by Crippen LogP contribution is 2.29. The average Bonchev–Trinajstić information content (AvgIpc) is 3.16. The highest BCUT2D eigenvalue weighted by Gasteiger charge is 2.27. The molecule has 3 aromatic rings. The van der Waals surface area contributed by atoms with Gasteiger partial charge in [0.05, 0.1) is 31.1 Å². The number of carbonyl (C=O) groups excluding carboxylic acids is 1. The molecule has 0 saturated carbocycles. The van der Waals surface area contributed by atoms with E-state index in [1.54, 1.807) is 35.1 Å². The molecule has 10 heteroatoms. The molecule has 4 rings (SSSR count). The van der Waals surface area contributed by atoms with Crippen LogP contribution in [0.2, 0.25) is 5.02 Å². The fraction of sp³-hybridized carbons (Fsp3) is 0.160. The summed E-state index contributed by atoms with van der Waals surface area (Å²) in [5, 5.41) is 2.96. The van der Waals surface area contributed by atoms with Gasteiger partial charge in [-0.15, -0.1) is 0 Å². The van der Waals surface area contributed by atoms with Crippen LogP contribution in [-0.4, -0.2) is 33.4 Å². The number of hydrogen-bond acceptors (Lipinski definition) is 6. The van der Waals surface area contributed by atoms with Gasteiger partial charge in [0.15, 0.2) is 5.75 Å². The van der Waals surface area contributed by atoms with Crippen LogP contribution in [0.5, 0.6) is 5.75 Å². The predicted molar refractivity (Wildman–Crippen MR) is 134 cm³/mol. The zero-order valence-corrected chi connectivity index (χ0v) is 19.6. The number of para-hydroxylation sites is 1. The standard InChI is InChI=1S/C25H24ClN5O4/c1-2-7-18(35-20-11-13-28-23(27)22(20)26)10-6-12-29-24(32)21-19-16-34-15-14-30(19)31(25(21)33)17-8-4-3-5-9-17/h2-11,13H,1,12,14-16H2,(H2,27,28)(H,29,32)/b10-6-,18-7+. The first kappa shape index (κ1) is 24.1. The van der Waals surface area contributed by atoms with E-state index in [0.717, 1.165) is 0 Å². The van der Waals surface area contributed by atoms with Gasteiger partial charge in [-0.3, -0.25) is 14.3 Å². The highest BCUT2D eigenvalue weighted by molar-refractivity contribution is 6.34. The van der Waals surface area contributed by atoms with E-state index >= 15 is 0 Å². The fourth-order valence-corrected chi connectivity index (χ4v) is 3.80. The highest BCUT2D eigenvalue weighted by atomic mass is 35.5. The second-order valence-corrected chi connectivity index (χ2v) is 7.86. The molecule has 0 aliphatic carbocycles. The van der Waals surface area contributed by atoms with Crippen LogP contribution in [0, 0.1) is 0 Å². The third-order valence-corrected chi connectivity index (χ3v) is 5.59. The van der Waals surface area contributed by atoms with Crippen molar-refractivity contribution >= 4 is 23.3 Å². The Bertz CT molecular complexity index is 1360. The summed E-state index contributed by atoms with van der Waals surface area (Å²) in [4.78, 5) is 30.1. The maximum atomic E-state index is 13.2. The number of nitrogens with one attached hydrogen (secondary N) is 1. The minimum Gasteiger partial charge on any atom is -0.456 e. The zero-order valence-electron chi connectivity index (χ0n) is 18.8. The van der Waals surface area contributed by atoms with Gasteiger partial charge in [-0.2, -0.15) is 0 Å². The molecular weight excluding hydrogens is 470 g/mol. The van der Waals surface area contributed by atoms with Gasteiger partial charge in [0, 0.05) is 18.8 Å². The number of nitrogens with zero attached hydrogens (tertiary/aromatic N) is 3. The molecule has 0 unspecified atom stereocenters. The lowest BCUT2D eigenvalue weighted by atomic mass is 10.2. The molecule has 3 N–H and O–H groups in total. The average molecular weight is 494 g/mol. The van der Waals surface area contributed by atoms with Gasteiger partial charge in [-0.05, 0) is 24.3 Å². The van der Waals surface area contributed by atoms with Crippen molar-refractivity contribution < 1.29 is 14.3 Å². The van der Waals surface area contributed by atoms with Gasteiger partial charge >= 0.3 is 0 Å². The van der Waals surface area contributed by atoms with Gasteiger partial charge in [-0.1, -0.05) is 48.5 Å². The summed E-state index contributed by atoms with van der Waals surface area (Å²) < 4.78 is 14.6. The van der Waals surface area contributed by atoms with Gasteiger partial charge in [-0.25, -0.2) is 9.67 Å². The molecule has 3 heterocycles. The zero-order chi connectivity index (χ0) is 24.8. The minimum atomic E-state index is -0.483. The van der Waals surface area contributed by atoms with E-state index in [4.69, 9.17) is 26.8 Å². The largest absolute Gasteiger partial charge is 0.456 e. The third kappa shape index (κ3) is 5.21. The summed E-state index contributed by atoms with van der Waals surface area (Å²) in [5.74, 6) is 0.425.